The standard InChI is InChI=1S/C10H11F3N2O3/c11-10(12,13)5-1-4(2-6(14)3-5)7(16)8(17)9(15)18/h1-3,7-8,16-17H,14H2,(H2,15,18). The number of benzene rings is 1. The number of halogens is 3. The van der Waals surface area contributed by atoms with E-state index in [9.17, 15) is 28.2 Å². The van der Waals surface area contributed by atoms with Gasteiger partial charge in [0, 0.05) is 5.69 Å². The Morgan fingerprint density at radius 3 is 2.22 bits per heavy atom. The average Bonchev–Trinajstić information content (AvgIpc) is 2.24. The third-order valence-electron chi connectivity index (χ3n) is 2.24. The Kier molecular flexibility index (Phi) is 3.82. The molecule has 1 amide bonds. The third-order valence-corrected chi connectivity index (χ3v) is 2.24. The highest BCUT2D eigenvalue weighted by atomic mass is 19.4. The van der Waals surface area contributed by atoms with E-state index in [1.54, 1.807) is 0 Å². The largest absolute Gasteiger partial charge is 0.416 e. The molecule has 0 aliphatic carbocycles. The van der Waals surface area contributed by atoms with E-state index in [1.165, 1.54) is 0 Å². The highest BCUT2D eigenvalue weighted by Crippen LogP contribution is 2.33. The number of nitrogens with two attached hydrogens (primary N) is 2. The van der Waals surface area contributed by atoms with Crippen molar-refractivity contribution >= 4 is 11.6 Å². The summed E-state index contributed by atoms with van der Waals surface area (Å²) in [6.07, 6.45) is -8.53. The second kappa shape index (κ2) is 4.83. The molecule has 6 N–H and O–H groups in total. The quantitative estimate of drug-likeness (QED) is 0.583. The summed E-state index contributed by atoms with van der Waals surface area (Å²) in [5.41, 5.74) is 8.31. The van der Waals surface area contributed by atoms with Gasteiger partial charge in [-0.3, -0.25) is 4.79 Å². The van der Waals surface area contributed by atoms with Gasteiger partial charge in [-0.2, -0.15) is 13.2 Å². The fourth-order valence-corrected chi connectivity index (χ4v) is 1.35. The Morgan fingerprint density at radius 1 is 1.22 bits per heavy atom. The minimum atomic E-state index is -4.65. The normalized spacial score (nSPS) is 15.2. The molecular weight excluding hydrogens is 253 g/mol. The molecule has 1 rings (SSSR count). The maximum absolute atomic E-state index is 12.5. The van der Waals surface area contributed by atoms with E-state index in [2.05, 4.69) is 0 Å². The number of carbonyl (C=O) groups excluding carboxylic acids is 1. The van der Waals surface area contributed by atoms with Gasteiger partial charge in [0.2, 0.25) is 5.91 Å². The lowest BCUT2D eigenvalue weighted by atomic mass is 10.0. The topological polar surface area (TPSA) is 110 Å². The number of primary amides is 1. The zero-order chi connectivity index (χ0) is 14.1. The van der Waals surface area contributed by atoms with Crippen LogP contribution in [0.25, 0.3) is 0 Å². The maximum Gasteiger partial charge on any atom is 0.416 e. The molecule has 8 heteroatoms. The van der Waals surface area contributed by atoms with Gasteiger partial charge in [0.15, 0.2) is 6.10 Å². The Hall–Kier alpha value is -1.80. The van der Waals surface area contributed by atoms with Crippen molar-refractivity contribution in [2.24, 2.45) is 5.73 Å². The van der Waals surface area contributed by atoms with Crippen LogP contribution in [0.1, 0.15) is 17.2 Å². The van der Waals surface area contributed by atoms with Crippen molar-refractivity contribution in [2.75, 3.05) is 5.73 Å². The molecule has 1 aromatic rings. The van der Waals surface area contributed by atoms with Gasteiger partial charge in [-0.15, -0.1) is 0 Å². The third kappa shape index (κ3) is 3.11. The second-order valence-electron chi connectivity index (χ2n) is 3.68. The number of aliphatic hydroxyl groups excluding tert-OH is 2. The number of anilines is 1. The van der Waals surface area contributed by atoms with Gasteiger partial charge in [-0.05, 0) is 23.8 Å². The van der Waals surface area contributed by atoms with Crippen LogP contribution in [0.5, 0.6) is 0 Å². The molecule has 0 heterocycles. The zero-order valence-electron chi connectivity index (χ0n) is 8.98. The Balaban J connectivity index is 3.18. The number of alkyl halides is 3. The second-order valence-corrected chi connectivity index (χ2v) is 3.68. The monoisotopic (exact) mass is 264 g/mol. The molecule has 18 heavy (non-hydrogen) atoms. The number of rotatable bonds is 3. The maximum atomic E-state index is 12.5. The fourth-order valence-electron chi connectivity index (χ4n) is 1.35. The van der Waals surface area contributed by atoms with E-state index < -0.39 is 29.9 Å². The van der Waals surface area contributed by atoms with Crippen LogP contribution in [-0.2, 0) is 11.0 Å². The van der Waals surface area contributed by atoms with Crippen LogP contribution in [0.2, 0.25) is 0 Å². The summed E-state index contributed by atoms with van der Waals surface area (Å²) in [7, 11) is 0. The predicted octanol–water partition coefficient (Wildman–Crippen LogP) is 0.167. The van der Waals surface area contributed by atoms with Crippen molar-refractivity contribution in [3.8, 4) is 0 Å². The molecule has 0 aromatic heterocycles. The summed E-state index contributed by atoms with van der Waals surface area (Å²) >= 11 is 0. The number of hydrogen-bond acceptors (Lipinski definition) is 4. The van der Waals surface area contributed by atoms with Crippen molar-refractivity contribution in [1.29, 1.82) is 0 Å². The van der Waals surface area contributed by atoms with Crippen molar-refractivity contribution in [1.82, 2.24) is 0 Å². The van der Waals surface area contributed by atoms with Crippen LogP contribution in [0, 0.1) is 0 Å². The first kappa shape index (κ1) is 14.3. The lowest BCUT2D eigenvalue weighted by Crippen LogP contribution is -2.34. The number of hydrogen-bond donors (Lipinski definition) is 4. The summed E-state index contributed by atoms with van der Waals surface area (Å²) in [5, 5.41) is 18.7. The number of amides is 1. The number of aliphatic hydroxyl groups is 2. The lowest BCUT2D eigenvalue weighted by molar-refractivity contribution is -0.137. The van der Waals surface area contributed by atoms with E-state index in [1.807, 2.05) is 0 Å². The molecule has 2 unspecified atom stereocenters. The highest BCUT2D eigenvalue weighted by Gasteiger charge is 2.33. The molecular formula is C10H11F3N2O3. The van der Waals surface area contributed by atoms with Gasteiger partial charge in [0.05, 0.1) is 5.56 Å². The van der Waals surface area contributed by atoms with Crippen LogP contribution in [0.15, 0.2) is 18.2 Å². The van der Waals surface area contributed by atoms with E-state index in [0.29, 0.717) is 12.1 Å². The fraction of sp³-hybridized carbons (Fsp3) is 0.300. The van der Waals surface area contributed by atoms with Crippen LogP contribution in [0.3, 0.4) is 0 Å². The van der Waals surface area contributed by atoms with Crippen LogP contribution < -0.4 is 11.5 Å². The molecule has 0 bridgehead atoms. The molecule has 5 nitrogen and oxygen atoms in total. The summed E-state index contributed by atoms with van der Waals surface area (Å²) in [6, 6.07) is 2.28. The predicted molar refractivity (Wildman–Crippen MR) is 56.0 cm³/mol. The highest BCUT2D eigenvalue weighted by molar-refractivity contribution is 5.79. The lowest BCUT2D eigenvalue weighted by Gasteiger charge is -2.17. The van der Waals surface area contributed by atoms with E-state index in [0.717, 1.165) is 6.07 Å². The van der Waals surface area contributed by atoms with Gasteiger partial charge in [0.1, 0.15) is 6.10 Å². The minimum absolute atomic E-state index is 0.254. The van der Waals surface area contributed by atoms with Crippen molar-refractivity contribution < 1.29 is 28.2 Å². The van der Waals surface area contributed by atoms with Gasteiger partial charge >= 0.3 is 6.18 Å². The Bertz CT molecular complexity index is 462. The molecule has 0 spiro atoms. The Labute approximate surface area is 99.8 Å². The summed E-state index contributed by atoms with van der Waals surface area (Å²) < 4.78 is 37.4. The molecule has 0 saturated heterocycles. The van der Waals surface area contributed by atoms with Crippen molar-refractivity contribution in [3.63, 3.8) is 0 Å². The van der Waals surface area contributed by atoms with E-state index >= 15 is 0 Å². The van der Waals surface area contributed by atoms with Crippen LogP contribution in [-0.4, -0.2) is 22.2 Å². The van der Waals surface area contributed by atoms with Crippen LogP contribution >= 0.6 is 0 Å². The Morgan fingerprint density at radius 2 is 1.78 bits per heavy atom. The van der Waals surface area contributed by atoms with Gasteiger partial charge in [-0.25, -0.2) is 0 Å². The molecule has 0 fully saturated rings. The molecule has 100 valence electrons. The van der Waals surface area contributed by atoms with Gasteiger partial charge in [-0.1, -0.05) is 0 Å². The summed E-state index contributed by atoms with van der Waals surface area (Å²) in [4.78, 5) is 10.6. The molecule has 2 atom stereocenters. The van der Waals surface area contributed by atoms with E-state index in [-0.39, 0.29) is 11.3 Å². The van der Waals surface area contributed by atoms with E-state index in [4.69, 9.17) is 11.5 Å². The van der Waals surface area contributed by atoms with Gasteiger partial charge in [0.25, 0.3) is 0 Å². The zero-order valence-corrected chi connectivity index (χ0v) is 8.98. The van der Waals surface area contributed by atoms with Crippen molar-refractivity contribution in [2.45, 2.75) is 18.4 Å². The first-order valence-corrected chi connectivity index (χ1v) is 4.76. The summed E-state index contributed by atoms with van der Waals surface area (Å²) in [5.74, 6) is -1.25. The molecule has 0 saturated carbocycles. The average molecular weight is 264 g/mol. The SMILES string of the molecule is NC(=O)C(O)C(O)c1cc(N)cc(C(F)(F)F)c1. The van der Waals surface area contributed by atoms with Gasteiger partial charge < -0.3 is 21.7 Å². The summed E-state index contributed by atoms with van der Waals surface area (Å²) in [6.45, 7) is 0. The molecule has 0 aliphatic rings. The molecule has 1 aromatic carbocycles. The number of carbonyl (C=O) groups is 1. The molecule has 0 aliphatic heterocycles. The van der Waals surface area contributed by atoms with Crippen molar-refractivity contribution in [3.05, 3.63) is 29.3 Å². The first-order valence-electron chi connectivity index (χ1n) is 4.76. The minimum Gasteiger partial charge on any atom is -0.399 e. The number of nitrogen functional groups attached to an aromatic ring is 1. The van der Waals surface area contributed by atoms with Crippen LogP contribution in [0.4, 0.5) is 18.9 Å². The molecule has 0 radical (unpaired) electrons. The first-order chi connectivity index (χ1) is 8.12. The smallest absolute Gasteiger partial charge is 0.399 e.